The molecule has 0 spiro atoms. The summed E-state index contributed by atoms with van der Waals surface area (Å²) in [7, 11) is 0. The molecule has 2 aromatic rings. The first-order valence-corrected chi connectivity index (χ1v) is 7.78. The molecule has 1 aliphatic rings. The largest absolute Gasteiger partial charge is 0.353 e. The molecule has 1 aliphatic carbocycles. The maximum atomic E-state index is 12.3. The summed E-state index contributed by atoms with van der Waals surface area (Å²) in [4.78, 5) is 16.6. The summed E-state index contributed by atoms with van der Waals surface area (Å²) in [6, 6.07) is 9.82. The molecule has 0 fully saturated rings. The van der Waals surface area contributed by atoms with Gasteiger partial charge in [-0.05, 0) is 44.1 Å². The maximum absolute atomic E-state index is 12.3. The molecular formula is C15H16N2OS. The Kier molecular flexibility index (Phi) is 3.42. The van der Waals surface area contributed by atoms with E-state index < -0.39 is 0 Å². The molecule has 98 valence electrons. The van der Waals surface area contributed by atoms with Gasteiger partial charge in [0.05, 0.1) is 5.69 Å². The zero-order valence-electron chi connectivity index (χ0n) is 10.9. The summed E-state index contributed by atoms with van der Waals surface area (Å²) in [5.41, 5.74) is 3.19. The van der Waals surface area contributed by atoms with Crippen LogP contribution in [0.4, 0.5) is 0 Å². The van der Waals surface area contributed by atoms with E-state index >= 15 is 0 Å². The zero-order valence-corrected chi connectivity index (χ0v) is 11.7. The molecule has 19 heavy (non-hydrogen) atoms. The molecule has 3 rings (SSSR count). The highest BCUT2D eigenvalue weighted by Gasteiger charge is 2.20. The van der Waals surface area contributed by atoms with E-state index in [2.05, 4.69) is 4.98 Å². The summed E-state index contributed by atoms with van der Waals surface area (Å²) < 4.78 is 1.79. The standard InChI is InChI=1S/C15H16N2OS/c1-19-14-12-9-5-6-10-13(12)17(15(18)16-14)11-7-3-2-4-8-11/h2-4,7-8H,5-6,9-10H2,1H3. The van der Waals surface area contributed by atoms with Crippen LogP contribution in [0, 0.1) is 0 Å². The molecule has 1 aromatic heterocycles. The Balaban J connectivity index is 2.28. The lowest BCUT2D eigenvalue weighted by Gasteiger charge is -2.22. The fourth-order valence-corrected chi connectivity index (χ4v) is 3.33. The van der Waals surface area contributed by atoms with Gasteiger partial charge in [-0.1, -0.05) is 18.2 Å². The second-order valence-corrected chi connectivity index (χ2v) is 5.50. The van der Waals surface area contributed by atoms with Gasteiger partial charge in [-0.15, -0.1) is 11.8 Å². The van der Waals surface area contributed by atoms with Crippen molar-refractivity contribution in [2.75, 3.05) is 6.26 Å². The third-order valence-electron chi connectivity index (χ3n) is 3.56. The minimum atomic E-state index is -0.156. The van der Waals surface area contributed by atoms with Gasteiger partial charge in [-0.2, -0.15) is 4.98 Å². The number of fused-ring (bicyclic) bond motifs is 1. The number of rotatable bonds is 2. The van der Waals surface area contributed by atoms with E-state index in [0.29, 0.717) is 0 Å². The summed E-state index contributed by atoms with van der Waals surface area (Å²) in [6.45, 7) is 0. The molecule has 0 unspecified atom stereocenters. The van der Waals surface area contributed by atoms with E-state index in [9.17, 15) is 4.79 Å². The van der Waals surface area contributed by atoms with Crippen LogP contribution in [-0.4, -0.2) is 15.8 Å². The van der Waals surface area contributed by atoms with Crippen LogP contribution >= 0.6 is 11.8 Å². The first kappa shape index (κ1) is 12.5. The van der Waals surface area contributed by atoms with Crippen LogP contribution in [0.25, 0.3) is 5.69 Å². The summed E-state index contributed by atoms with van der Waals surface area (Å²) in [6.07, 6.45) is 6.33. The second-order valence-electron chi connectivity index (χ2n) is 4.71. The molecule has 0 N–H and O–H groups in total. The molecule has 0 radical (unpaired) electrons. The highest BCUT2D eigenvalue weighted by Crippen LogP contribution is 2.28. The quantitative estimate of drug-likeness (QED) is 0.623. The number of nitrogens with zero attached hydrogens (tertiary/aromatic N) is 2. The Morgan fingerprint density at radius 2 is 1.89 bits per heavy atom. The van der Waals surface area contributed by atoms with Crippen molar-refractivity contribution in [3.8, 4) is 5.69 Å². The van der Waals surface area contributed by atoms with E-state index in [-0.39, 0.29) is 5.69 Å². The lowest BCUT2D eigenvalue weighted by molar-refractivity contribution is 0.615. The monoisotopic (exact) mass is 272 g/mol. The van der Waals surface area contributed by atoms with Gasteiger partial charge in [0.25, 0.3) is 0 Å². The highest BCUT2D eigenvalue weighted by molar-refractivity contribution is 7.98. The number of para-hydroxylation sites is 1. The minimum Gasteiger partial charge on any atom is -0.265 e. The van der Waals surface area contributed by atoms with Crippen LogP contribution in [0.2, 0.25) is 0 Å². The van der Waals surface area contributed by atoms with E-state index in [1.54, 1.807) is 16.3 Å². The zero-order chi connectivity index (χ0) is 13.2. The summed E-state index contributed by atoms with van der Waals surface area (Å²) >= 11 is 1.58. The third-order valence-corrected chi connectivity index (χ3v) is 4.29. The predicted octanol–water partition coefficient (Wildman–Crippen LogP) is 2.83. The normalized spacial score (nSPS) is 14.2. The lowest BCUT2D eigenvalue weighted by Crippen LogP contribution is -2.28. The Morgan fingerprint density at radius 3 is 2.63 bits per heavy atom. The van der Waals surface area contributed by atoms with Crippen molar-refractivity contribution in [3.05, 3.63) is 52.1 Å². The van der Waals surface area contributed by atoms with Crippen molar-refractivity contribution in [3.63, 3.8) is 0 Å². The fourth-order valence-electron chi connectivity index (χ4n) is 2.70. The van der Waals surface area contributed by atoms with E-state index in [0.717, 1.165) is 35.7 Å². The second kappa shape index (κ2) is 5.21. The van der Waals surface area contributed by atoms with Crippen molar-refractivity contribution in [1.82, 2.24) is 9.55 Å². The van der Waals surface area contributed by atoms with Crippen molar-refractivity contribution in [2.24, 2.45) is 0 Å². The van der Waals surface area contributed by atoms with Crippen molar-refractivity contribution >= 4 is 11.8 Å². The molecule has 4 heteroatoms. The number of hydrogen-bond donors (Lipinski definition) is 0. The van der Waals surface area contributed by atoms with Crippen LogP contribution in [-0.2, 0) is 12.8 Å². The number of aromatic nitrogens is 2. The average Bonchev–Trinajstić information content (AvgIpc) is 2.47. The molecule has 0 atom stereocenters. The smallest absolute Gasteiger partial charge is 0.265 e. The fraction of sp³-hybridized carbons (Fsp3) is 0.333. The van der Waals surface area contributed by atoms with Gasteiger partial charge in [0.1, 0.15) is 5.03 Å². The van der Waals surface area contributed by atoms with Crippen LogP contribution < -0.4 is 5.69 Å². The van der Waals surface area contributed by atoms with Gasteiger partial charge < -0.3 is 0 Å². The number of hydrogen-bond acceptors (Lipinski definition) is 3. The Morgan fingerprint density at radius 1 is 1.16 bits per heavy atom. The Hall–Kier alpha value is -1.55. The summed E-state index contributed by atoms with van der Waals surface area (Å²) in [5.74, 6) is 0. The Bertz CT molecular complexity index is 649. The predicted molar refractivity (Wildman–Crippen MR) is 78.3 cm³/mol. The molecule has 0 saturated carbocycles. The molecule has 3 nitrogen and oxygen atoms in total. The van der Waals surface area contributed by atoms with Gasteiger partial charge in [-0.25, -0.2) is 4.79 Å². The van der Waals surface area contributed by atoms with Crippen molar-refractivity contribution < 1.29 is 0 Å². The van der Waals surface area contributed by atoms with Gasteiger partial charge in [0.15, 0.2) is 0 Å². The molecule has 1 aromatic carbocycles. The van der Waals surface area contributed by atoms with Crippen LogP contribution in [0.5, 0.6) is 0 Å². The lowest BCUT2D eigenvalue weighted by atomic mass is 9.97. The average molecular weight is 272 g/mol. The number of thioether (sulfide) groups is 1. The SMILES string of the molecule is CSc1nc(=O)n(-c2ccccc2)c2c1CCCC2. The van der Waals surface area contributed by atoms with Gasteiger partial charge >= 0.3 is 5.69 Å². The first-order valence-electron chi connectivity index (χ1n) is 6.55. The molecule has 0 saturated heterocycles. The van der Waals surface area contributed by atoms with Crippen LogP contribution in [0.15, 0.2) is 40.2 Å². The third kappa shape index (κ3) is 2.21. The Labute approximate surface area is 116 Å². The van der Waals surface area contributed by atoms with Crippen molar-refractivity contribution in [2.45, 2.75) is 30.7 Å². The minimum absolute atomic E-state index is 0.156. The molecule has 1 heterocycles. The van der Waals surface area contributed by atoms with Gasteiger partial charge in [0, 0.05) is 11.3 Å². The summed E-state index contributed by atoms with van der Waals surface area (Å²) in [5, 5.41) is 0.909. The van der Waals surface area contributed by atoms with E-state index in [4.69, 9.17) is 0 Å². The van der Waals surface area contributed by atoms with E-state index in [1.165, 1.54) is 12.0 Å². The van der Waals surface area contributed by atoms with Crippen LogP contribution in [0.1, 0.15) is 24.1 Å². The molecular weight excluding hydrogens is 256 g/mol. The first-order chi connectivity index (χ1) is 9.31. The van der Waals surface area contributed by atoms with Crippen molar-refractivity contribution in [1.29, 1.82) is 0 Å². The topological polar surface area (TPSA) is 34.9 Å². The number of benzene rings is 1. The maximum Gasteiger partial charge on any atom is 0.353 e. The van der Waals surface area contributed by atoms with E-state index in [1.807, 2.05) is 36.6 Å². The molecule has 0 aliphatic heterocycles. The molecule has 0 amide bonds. The van der Waals surface area contributed by atoms with Gasteiger partial charge in [0.2, 0.25) is 0 Å². The molecule has 0 bridgehead atoms. The van der Waals surface area contributed by atoms with Crippen LogP contribution in [0.3, 0.4) is 0 Å². The highest BCUT2D eigenvalue weighted by atomic mass is 32.2. The van der Waals surface area contributed by atoms with Gasteiger partial charge in [-0.3, -0.25) is 4.57 Å².